The van der Waals surface area contributed by atoms with Crippen LogP contribution in [0.3, 0.4) is 0 Å². The number of nitrogens with zero attached hydrogens (tertiary/aromatic N) is 2. The van der Waals surface area contributed by atoms with Gasteiger partial charge in [-0.1, -0.05) is 18.2 Å². The van der Waals surface area contributed by atoms with Crippen molar-refractivity contribution in [2.24, 2.45) is 0 Å². The van der Waals surface area contributed by atoms with E-state index in [1.807, 2.05) is 6.07 Å². The summed E-state index contributed by atoms with van der Waals surface area (Å²) in [5.41, 5.74) is 5.04. The number of furan rings is 1. The highest BCUT2D eigenvalue weighted by molar-refractivity contribution is 5.76. The molecule has 0 saturated heterocycles. The van der Waals surface area contributed by atoms with Gasteiger partial charge < -0.3 is 9.73 Å². The third kappa shape index (κ3) is 4.32. The Bertz CT molecular complexity index is 857. The Kier molecular flexibility index (Phi) is 5.23. The summed E-state index contributed by atoms with van der Waals surface area (Å²) >= 11 is 0. The first-order chi connectivity index (χ1) is 12.1. The molecule has 5 nitrogen and oxygen atoms in total. The lowest BCUT2D eigenvalue weighted by Crippen LogP contribution is -2.24. The third-order valence-electron chi connectivity index (χ3n) is 4.19. The Morgan fingerprint density at radius 1 is 1.12 bits per heavy atom. The highest BCUT2D eigenvalue weighted by atomic mass is 16.3. The first-order valence-corrected chi connectivity index (χ1v) is 8.30. The van der Waals surface area contributed by atoms with Crippen molar-refractivity contribution in [2.45, 2.75) is 33.2 Å². The predicted octanol–water partition coefficient (Wildman–Crippen LogP) is 3.60. The van der Waals surface area contributed by atoms with Crippen LogP contribution in [0.4, 0.5) is 0 Å². The number of benzene rings is 1. The third-order valence-corrected chi connectivity index (χ3v) is 4.19. The molecule has 0 aliphatic rings. The fourth-order valence-corrected chi connectivity index (χ4v) is 2.60. The van der Waals surface area contributed by atoms with Crippen molar-refractivity contribution >= 4 is 5.91 Å². The Morgan fingerprint density at radius 2 is 1.96 bits per heavy atom. The summed E-state index contributed by atoms with van der Waals surface area (Å²) in [6.07, 6.45) is 5.99. The van der Waals surface area contributed by atoms with Crippen LogP contribution in [0.15, 0.2) is 53.4 Å². The van der Waals surface area contributed by atoms with Gasteiger partial charge in [-0.25, -0.2) is 4.98 Å². The van der Waals surface area contributed by atoms with Crippen LogP contribution in [0.1, 0.15) is 28.8 Å². The van der Waals surface area contributed by atoms with E-state index in [0.29, 0.717) is 30.1 Å². The molecular formula is C20H21N3O2. The van der Waals surface area contributed by atoms with Crippen molar-refractivity contribution in [3.63, 3.8) is 0 Å². The lowest BCUT2D eigenvalue weighted by Gasteiger charge is -2.08. The molecule has 0 aliphatic heterocycles. The zero-order valence-corrected chi connectivity index (χ0v) is 14.5. The van der Waals surface area contributed by atoms with Gasteiger partial charge >= 0.3 is 0 Å². The van der Waals surface area contributed by atoms with E-state index in [4.69, 9.17) is 4.42 Å². The van der Waals surface area contributed by atoms with E-state index in [1.54, 1.807) is 24.7 Å². The Hall–Kier alpha value is -2.95. The summed E-state index contributed by atoms with van der Waals surface area (Å²) in [5, 5.41) is 2.91. The van der Waals surface area contributed by atoms with Gasteiger partial charge in [0.25, 0.3) is 0 Å². The maximum Gasteiger partial charge on any atom is 0.220 e. The van der Waals surface area contributed by atoms with Crippen LogP contribution in [-0.2, 0) is 17.8 Å². The Labute approximate surface area is 147 Å². The number of carbonyl (C=O) groups excluding carboxylic acids is 1. The van der Waals surface area contributed by atoms with Crippen LogP contribution in [0.5, 0.6) is 0 Å². The summed E-state index contributed by atoms with van der Waals surface area (Å²) < 4.78 is 5.38. The summed E-state index contributed by atoms with van der Waals surface area (Å²) in [7, 11) is 0. The molecule has 1 aromatic carbocycles. The zero-order chi connectivity index (χ0) is 17.6. The van der Waals surface area contributed by atoms with Gasteiger partial charge in [0.15, 0.2) is 5.76 Å². The number of carbonyl (C=O) groups is 1. The topological polar surface area (TPSA) is 68.0 Å². The average molecular weight is 335 g/mol. The minimum atomic E-state index is -0.00530. The van der Waals surface area contributed by atoms with Gasteiger partial charge in [0, 0.05) is 18.8 Å². The van der Waals surface area contributed by atoms with Crippen LogP contribution >= 0.6 is 0 Å². The fraction of sp³-hybridized carbons (Fsp3) is 0.250. The van der Waals surface area contributed by atoms with E-state index in [2.05, 4.69) is 47.3 Å². The molecule has 0 radical (unpaired) electrons. The lowest BCUT2D eigenvalue weighted by molar-refractivity contribution is -0.121. The van der Waals surface area contributed by atoms with E-state index in [0.717, 1.165) is 6.42 Å². The SMILES string of the molecule is Cc1ccc(CCC(=O)NCc2nccnc2-c2ccco2)cc1C. The van der Waals surface area contributed by atoms with Crippen molar-refractivity contribution in [3.8, 4) is 11.5 Å². The molecule has 2 aromatic heterocycles. The normalized spacial score (nSPS) is 10.6. The number of nitrogens with one attached hydrogen (secondary N) is 1. The second-order valence-corrected chi connectivity index (χ2v) is 6.02. The molecule has 25 heavy (non-hydrogen) atoms. The summed E-state index contributed by atoms with van der Waals surface area (Å²) in [6, 6.07) is 9.94. The van der Waals surface area contributed by atoms with E-state index >= 15 is 0 Å². The maximum absolute atomic E-state index is 12.2. The first kappa shape index (κ1) is 16.9. The van der Waals surface area contributed by atoms with Gasteiger partial charge in [-0.05, 0) is 49.1 Å². The molecule has 3 rings (SSSR count). The van der Waals surface area contributed by atoms with Crippen LogP contribution in [0.2, 0.25) is 0 Å². The standard InChI is InChI=1S/C20H21N3O2/c1-14-5-6-16(12-15(14)2)7-8-19(24)23-13-17-20(22-10-9-21-17)18-4-3-11-25-18/h3-6,9-12H,7-8,13H2,1-2H3,(H,23,24). The maximum atomic E-state index is 12.2. The van der Waals surface area contributed by atoms with Crippen LogP contribution in [0.25, 0.3) is 11.5 Å². The smallest absolute Gasteiger partial charge is 0.220 e. The zero-order valence-electron chi connectivity index (χ0n) is 14.5. The number of amides is 1. The highest BCUT2D eigenvalue weighted by Gasteiger charge is 2.11. The van der Waals surface area contributed by atoms with Gasteiger partial charge in [0.1, 0.15) is 5.69 Å². The Balaban J connectivity index is 1.57. The first-order valence-electron chi connectivity index (χ1n) is 8.30. The Morgan fingerprint density at radius 3 is 2.72 bits per heavy atom. The second kappa shape index (κ2) is 7.75. The van der Waals surface area contributed by atoms with Crippen molar-refractivity contribution < 1.29 is 9.21 Å². The number of aromatic nitrogens is 2. The molecule has 0 spiro atoms. The van der Waals surface area contributed by atoms with Gasteiger partial charge in [-0.15, -0.1) is 0 Å². The molecular weight excluding hydrogens is 314 g/mol. The molecule has 0 saturated carbocycles. The summed E-state index contributed by atoms with van der Waals surface area (Å²) in [6.45, 7) is 4.50. The van der Waals surface area contributed by atoms with E-state index < -0.39 is 0 Å². The number of rotatable bonds is 6. The number of hydrogen-bond donors (Lipinski definition) is 1. The van der Waals surface area contributed by atoms with Gasteiger partial charge in [-0.2, -0.15) is 0 Å². The van der Waals surface area contributed by atoms with Gasteiger partial charge in [0.2, 0.25) is 5.91 Å². The van der Waals surface area contributed by atoms with Crippen LogP contribution in [-0.4, -0.2) is 15.9 Å². The van der Waals surface area contributed by atoms with E-state index in [1.165, 1.54) is 16.7 Å². The monoisotopic (exact) mass is 335 g/mol. The van der Waals surface area contributed by atoms with Crippen molar-refractivity contribution in [2.75, 3.05) is 0 Å². The molecule has 2 heterocycles. The average Bonchev–Trinajstić information content (AvgIpc) is 3.15. The van der Waals surface area contributed by atoms with E-state index in [-0.39, 0.29) is 5.91 Å². The van der Waals surface area contributed by atoms with Crippen molar-refractivity contribution in [1.82, 2.24) is 15.3 Å². The quantitative estimate of drug-likeness (QED) is 0.747. The highest BCUT2D eigenvalue weighted by Crippen LogP contribution is 2.19. The molecule has 0 fully saturated rings. The molecule has 0 atom stereocenters. The van der Waals surface area contributed by atoms with Crippen LogP contribution in [0, 0.1) is 13.8 Å². The minimum Gasteiger partial charge on any atom is -0.463 e. The second-order valence-electron chi connectivity index (χ2n) is 6.02. The molecule has 0 aliphatic carbocycles. The molecule has 128 valence electrons. The molecule has 5 heteroatoms. The fourth-order valence-electron chi connectivity index (χ4n) is 2.60. The molecule has 1 amide bonds. The van der Waals surface area contributed by atoms with E-state index in [9.17, 15) is 4.79 Å². The molecule has 3 aromatic rings. The largest absolute Gasteiger partial charge is 0.463 e. The minimum absolute atomic E-state index is 0.00530. The number of hydrogen-bond acceptors (Lipinski definition) is 4. The summed E-state index contributed by atoms with van der Waals surface area (Å²) in [4.78, 5) is 20.8. The van der Waals surface area contributed by atoms with Crippen LogP contribution < -0.4 is 5.32 Å². The molecule has 0 unspecified atom stereocenters. The molecule has 1 N–H and O–H groups in total. The van der Waals surface area contributed by atoms with Crippen molar-refractivity contribution in [3.05, 3.63) is 71.4 Å². The van der Waals surface area contributed by atoms with Gasteiger partial charge in [-0.3, -0.25) is 9.78 Å². The summed E-state index contributed by atoms with van der Waals surface area (Å²) in [5.74, 6) is 0.641. The number of aryl methyl sites for hydroxylation is 3. The van der Waals surface area contributed by atoms with Gasteiger partial charge in [0.05, 0.1) is 18.5 Å². The lowest BCUT2D eigenvalue weighted by atomic mass is 10.0. The van der Waals surface area contributed by atoms with Crippen molar-refractivity contribution in [1.29, 1.82) is 0 Å². The molecule has 0 bridgehead atoms. The predicted molar refractivity (Wildman–Crippen MR) is 95.8 cm³/mol.